The molecular weight excluding hydrogens is 357 g/mol. The third kappa shape index (κ3) is 4.51. The maximum Gasteiger partial charge on any atom is 0.348 e. The first-order chi connectivity index (χ1) is 8.78. The van der Waals surface area contributed by atoms with E-state index in [-0.39, 0.29) is 24.2 Å². The fourth-order valence-corrected chi connectivity index (χ4v) is 9.67. The van der Waals surface area contributed by atoms with E-state index in [1.54, 1.807) is 0 Å². The Bertz CT molecular complexity index is 267. The number of hydrogen-bond donors (Lipinski definition) is 0. The molecule has 0 saturated heterocycles. The van der Waals surface area contributed by atoms with Crippen LogP contribution in [0, 0.1) is 0 Å². The lowest BCUT2D eigenvalue weighted by Gasteiger charge is -2.46. The van der Waals surface area contributed by atoms with Gasteiger partial charge in [0.25, 0.3) is 0 Å². The van der Waals surface area contributed by atoms with Crippen molar-refractivity contribution in [3.63, 3.8) is 0 Å². The minimum absolute atomic E-state index is 0.191. The predicted molar refractivity (Wildman–Crippen MR) is 97.3 cm³/mol. The molecule has 0 aromatic carbocycles. The molecule has 0 atom stereocenters. The van der Waals surface area contributed by atoms with Gasteiger partial charge in [-0.3, -0.25) is 0 Å². The van der Waals surface area contributed by atoms with Crippen LogP contribution in [0.3, 0.4) is 0 Å². The first-order valence-corrected chi connectivity index (χ1v) is 10.7. The van der Waals surface area contributed by atoms with Crippen LogP contribution in [0.2, 0.25) is 0 Å². The second-order valence-corrected chi connectivity index (χ2v) is 13.3. The van der Waals surface area contributed by atoms with Crippen molar-refractivity contribution >= 4 is 53.0 Å². The third-order valence-electron chi connectivity index (χ3n) is 3.05. The lowest BCUT2D eigenvalue weighted by Crippen LogP contribution is -2.49. The second kappa shape index (κ2) is 7.86. The van der Waals surface area contributed by atoms with Gasteiger partial charge in [0, 0.05) is 24.2 Å². The van der Waals surface area contributed by atoms with Gasteiger partial charge in [0.2, 0.25) is 0 Å². The number of alkyl halides is 3. The van der Waals surface area contributed by atoms with Crippen LogP contribution in [0.25, 0.3) is 0 Å². The molecule has 0 N–H and O–H groups in total. The van der Waals surface area contributed by atoms with Gasteiger partial charge in [-0.05, 0) is 90.2 Å². The molecular formula is C13H28Cl4N2P+. The molecule has 0 aliphatic heterocycles. The molecule has 0 aromatic heterocycles. The molecule has 20 heavy (non-hydrogen) atoms. The van der Waals surface area contributed by atoms with Crippen molar-refractivity contribution in [2.45, 2.75) is 83.1 Å². The van der Waals surface area contributed by atoms with Crippen LogP contribution in [0.1, 0.15) is 55.4 Å². The summed E-state index contributed by atoms with van der Waals surface area (Å²) in [7, 11) is 0. The van der Waals surface area contributed by atoms with Crippen LogP contribution in [0.5, 0.6) is 0 Å². The van der Waals surface area contributed by atoms with Crippen LogP contribution < -0.4 is 0 Å². The van der Waals surface area contributed by atoms with Crippen LogP contribution in [-0.4, -0.2) is 37.0 Å². The Balaban J connectivity index is 6.09. The standard InChI is InChI=1S/C13H28Cl4N2P/c1-9(2)18(10(3)4)20(17,13(14,15)16)19(11(5)6)12(7)8/h9-12H,1-8H3/q+1. The smallest absolute Gasteiger partial charge is 0.140 e. The Morgan fingerprint density at radius 2 is 0.850 bits per heavy atom. The van der Waals surface area contributed by atoms with Gasteiger partial charge >= 0.3 is 10.5 Å². The second-order valence-electron chi connectivity index (χ2n) is 6.13. The molecule has 0 bridgehead atoms. The summed E-state index contributed by atoms with van der Waals surface area (Å²) in [5.74, 6) is 0. The zero-order valence-electron chi connectivity index (χ0n) is 13.7. The molecule has 7 heteroatoms. The van der Waals surface area contributed by atoms with E-state index < -0.39 is 10.5 Å². The van der Waals surface area contributed by atoms with Crippen molar-refractivity contribution in [3.05, 3.63) is 0 Å². The minimum atomic E-state index is -2.66. The largest absolute Gasteiger partial charge is 0.348 e. The Kier molecular flexibility index (Phi) is 8.46. The summed E-state index contributed by atoms with van der Waals surface area (Å²) >= 11 is 26.2. The Morgan fingerprint density at radius 3 is 0.950 bits per heavy atom. The lowest BCUT2D eigenvalue weighted by atomic mass is 10.3. The summed E-state index contributed by atoms with van der Waals surface area (Å²) in [6.45, 7) is 14.1. The van der Waals surface area contributed by atoms with Gasteiger partial charge in [0.15, 0.2) is 0 Å². The highest BCUT2D eigenvalue weighted by Crippen LogP contribution is 2.83. The summed E-state index contributed by atoms with van der Waals surface area (Å²) in [6, 6.07) is 0.765. The molecule has 0 radical (unpaired) electrons. The molecule has 0 rings (SSSR count). The van der Waals surface area contributed by atoms with E-state index in [1.807, 2.05) is 0 Å². The van der Waals surface area contributed by atoms with Gasteiger partial charge in [0.1, 0.15) is 11.2 Å². The van der Waals surface area contributed by atoms with E-state index in [1.165, 1.54) is 0 Å². The zero-order valence-corrected chi connectivity index (χ0v) is 17.6. The quantitative estimate of drug-likeness (QED) is 0.378. The molecule has 0 unspecified atom stereocenters. The number of halogens is 4. The monoisotopic (exact) mass is 383 g/mol. The van der Waals surface area contributed by atoms with Crippen LogP contribution in [-0.2, 0) is 0 Å². The van der Waals surface area contributed by atoms with Gasteiger partial charge in [-0.1, -0.05) is 0 Å². The average molecular weight is 385 g/mol. The number of nitrogens with zero attached hydrogens (tertiary/aromatic N) is 2. The topological polar surface area (TPSA) is 6.48 Å². The molecule has 0 heterocycles. The lowest BCUT2D eigenvalue weighted by molar-refractivity contribution is 0.251. The number of hydrogen-bond acceptors (Lipinski definition) is 2. The van der Waals surface area contributed by atoms with Crippen molar-refractivity contribution in [2.75, 3.05) is 0 Å². The van der Waals surface area contributed by atoms with E-state index in [0.29, 0.717) is 0 Å². The van der Waals surface area contributed by atoms with E-state index in [4.69, 9.17) is 46.0 Å². The van der Waals surface area contributed by atoms with Gasteiger partial charge in [0.05, 0.1) is 0 Å². The summed E-state index contributed by atoms with van der Waals surface area (Å²) < 4.78 is 2.81. The van der Waals surface area contributed by atoms with Crippen molar-refractivity contribution in [2.24, 2.45) is 0 Å². The molecule has 0 aliphatic rings. The molecule has 0 fully saturated rings. The molecule has 0 saturated carbocycles. The van der Waals surface area contributed by atoms with Crippen molar-refractivity contribution < 1.29 is 0 Å². The highest BCUT2D eigenvalue weighted by atomic mass is 35.7. The van der Waals surface area contributed by atoms with Crippen molar-refractivity contribution in [3.8, 4) is 0 Å². The predicted octanol–water partition coefficient (Wildman–Crippen LogP) is 6.55. The molecule has 0 aromatic rings. The normalized spacial score (nSPS) is 14.7. The van der Waals surface area contributed by atoms with E-state index >= 15 is 0 Å². The molecule has 122 valence electrons. The van der Waals surface area contributed by atoms with Gasteiger partial charge in [-0.15, -0.1) is 9.34 Å². The Labute approximate surface area is 145 Å². The summed E-state index contributed by atoms with van der Waals surface area (Å²) in [5, 5.41) is 0. The highest BCUT2D eigenvalue weighted by molar-refractivity contribution is 8.00. The van der Waals surface area contributed by atoms with Crippen LogP contribution in [0.4, 0.5) is 0 Å². The van der Waals surface area contributed by atoms with Crippen molar-refractivity contribution in [1.29, 1.82) is 0 Å². The highest BCUT2D eigenvalue weighted by Gasteiger charge is 2.68. The Hall–Kier alpha value is 1.51. The fraction of sp³-hybridized carbons (Fsp3) is 1.00. The maximum atomic E-state index is 7.09. The van der Waals surface area contributed by atoms with Crippen LogP contribution in [0.15, 0.2) is 0 Å². The summed E-state index contributed by atoms with van der Waals surface area (Å²) in [6.07, 6.45) is 0. The molecule has 2 nitrogen and oxygen atoms in total. The van der Waals surface area contributed by atoms with Crippen molar-refractivity contribution in [1.82, 2.24) is 9.34 Å². The first kappa shape index (κ1) is 21.5. The molecule has 0 spiro atoms. The van der Waals surface area contributed by atoms with Gasteiger partial charge < -0.3 is 0 Å². The van der Waals surface area contributed by atoms with Gasteiger partial charge in [-0.2, -0.15) is 0 Å². The van der Waals surface area contributed by atoms with E-state index in [2.05, 4.69) is 64.7 Å². The molecule has 0 amide bonds. The van der Waals surface area contributed by atoms with E-state index in [9.17, 15) is 0 Å². The first-order valence-electron chi connectivity index (χ1n) is 7.01. The fourth-order valence-electron chi connectivity index (χ4n) is 2.80. The van der Waals surface area contributed by atoms with E-state index in [0.717, 1.165) is 0 Å². The average Bonchev–Trinajstić information content (AvgIpc) is 2.11. The summed E-state index contributed by atoms with van der Waals surface area (Å²) in [5.41, 5.74) is 0. The molecule has 0 aliphatic carbocycles. The van der Waals surface area contributed by atoms with Crippen LogP contribution >= 0.6 is 53.0 Å². The summed E-state index contributed by atoms with van der Waals surface area (Å²) in [4.78, 5) is 0. The Morgan fingerprint density at radius 1 is 0.650 bits per heavy atom. The zero-order chi connectivity index (χ0) is 16.5. The third-order valence-corrected chi connectivity index (χ3v) is 11.5. The SMILES string of the molecule is CC(C)N(C(C)C)[P+](Cl)(N(C(C)C)C(C)C)C(Cl)(Cl)Cl. The minimum Gasteiger partial charge on any atom is -0.140 e. The van der Waals surface area contributed by atoms with Gasteiger partial charge in [-0.25, -0.2) is 0 Å². The maximum absolute atomic E-state index is 7.09. The number of rotatable bonds is 6.